The van der Waals surface area contributed by atoms with Gasteiger partial charge in [0.05, 0.1) is 16.5 Å². The van der Waals surface area contributed by atoms with Crippen LogP contribution in [0, 0.1) is 0 Å². The summed E-state index contributed by atoms with van der Waals surface area (Å²) in [4.78, 5) is 40.1. The number of carbonyl (C=O) groups excluding carboxylic acids is 3. The molecular weight excluding hydrogens is 488 g/mol. The fraction of sp³-hybridized carbons (Fsp3) is 0.353. The van der Waals surface area contributed by atoms with E-state index in [0.29, 0.717) is 24.4 Å². The van der Waals surface area contributed by atoms with Crippen molar-refractivity contribution in [1.29, 1.82) is 0 Å². The zero-order valence-corrected chi connectivity index (χ0v) is 17.9. The highest BCUT2D eigenvalue weighted by Crippen LogP contribution is 2.38. The minimum atomic E-state index is -0.453. The van der Waals surface area contributed by atoms with Crippen LogP contribution in [0.15, 0.2) is 26.0 Å². The molecule has 0 radical (unpaired) electrons. The quantitative estimate of drug-likeness (QED) is 0.583. The van der Waals surface area contributed by atoms with Gasteiger partial charge in [0.25, 0.3) is 11.1 Å². The molecule has 0 N–H and O–H groups in total. The molecule has 1 aromatic rings. The van der Waals surface area contributed by atoms with Gasteiger partial charge >= 0.3 is 0 Å². The van der Waals surface area contributed by atoms with E-state index in [1.165, 1.54) is 7.11 Å². The number of hydrogen-bond donors (Lipinski definition) is 0. The SMILES string of the molecule is COc1c(Br)cc(Br)cc1/C=C1\SC(=O)N(CC(=O)N2CCCC2)C1=O. The number of carbonyl (C=O) groups is 3. The number of methoxy groups -OCH3 is 1. The normalized spacial score (nSPS) is 19.0. The molecule has 2 fully saturated rings. The van der Waals surface area contributed by atoms with Gasteiger partial charge in [-0.3, -0.25) is 19.3 Å². The van der Waals surface area contributed by atoms with Crippen LogP contribution in [0.3, 0.4) is 0 Å². The van der Waals surface area contributed by atoms with Gasteiger partial charge in [0, 0.05) is 23.1 Å². The van der Waals surface area contributed by atoms with Gasteiger partial charge in [0.2, 0.25) is 5.91 Å². The largest absolute Gasteiger partial charge is 0.495 e. The molecule has 0 aliphatic carbocycles. The minimum absolute atomic E-state index is 0.186. The Bertz CT molecular complexity index is 806. The number of nitrogens with zero attached hydrogens (tertiary/aromatic N) is 2. The van der Waals surface area contributed by atoms with E-state index >= 15 is 0 Å². The van der Waals surface area contributed by atoms with Crippen LogP contribution in [0.4, 0.5) is 4.79 Å². The van der Waals surface area contributed by atoms with Crippen molar-refractivity contribution in [2.24, 2.45) is 0 Å². The van der Waals surface area contributed by atoms with Crippen molar-refractivity contribution < 1.29 is 19.1 Å². The van der Waals surface area contributed by atoms with E-state index < -0.39 is 11.1 Å². The van der Waals surface area contributed by atoms with E-state index in [2.05, 4.69) is 31.9 Å². The second kappa shape index (κ2) is 8.14. The second-order valence-corrected chi connectivity index (χ2v) is 8.63. The average molecular weight is 504 g/mol. The Morgan fingerprint density at radius 3 is 2.62 bits per heavy atom. The maximum Gasteiger partial charge on any atom is 0.294 e. The lowest BCUT2D eigenvalue weighted by molar-refractivity contribution is -0.135. The van der Waals surface area contributed by atoms with Crippen molar-refractivity contribution >= 4 is 66.8 Å². The van der Waals surface area contributed by atoms with Crippen molar-refractivity contribution in [3.05, 3.63) is 31.5 Å². The summed E-state index contributed by atoms with van der Waals surface area (Å²) in [6.45, 7) is 1.17. The number of hydrogen-bond acceptors (Lipinski definition) is 5. The monoisotopic (exact) mass is 502 g/mol. The Morgan fingerprint density at radius 2 is 1.96 bits per heavy atom. The lowest BCUT2D eigenvalue weighted by atomic mass is 10.2. The van der Waals surface area contributed by atoms with Crippen LogP contribution >= 0.6 is 43.6 Å². The lowest BCUT2D eigenvalue weighted by Crippen LogP contribution is -2.40. The molecule has 3 rings (SSSR count). The summed E-state index contributed by atoms with van der Waals surface area (Å²) in [5.41, 5.74) is 0.658. The van der Waals surface area contributed by atoms with E-state index in [1.54, 1.807) is 17.0 Å². The summed E-state index contributed by atoms with van der Waals surface area (Å²) < 4.78 is 6.90. The Morgan fingerprint density at radius 1 is 1.27 bits per heavy atom. The molecule has 0 bridgehead atoms. The fourth-order valence-corrected chi connectivity index (χ4v) is 5.13. The zero-order valence-electron chi connectivity index (χ0n) is 14.0. The maximum absolute atomic E-state index is 12.6. The Balaban J connectivity index is 1.82. The minimum Gasteiger partial charge on any atom is -0.495 e. The molecule has 2 aliphatic heterocycles. The van der Waals surface area contributed by atoms with E-state index in [0.717, 1.165) is 38.4 Å². The van der Waals surface area contributed by atoms with Gasteiger partial charge in [0.1, 0.15) is 12.3 Å². The third-order valence-electron chi connectivity index (χ3n) is 4.15. The van der Waals surface area contributed by atoms with Crippen LogP contribution < -0.4 is 4.74 Å². The number of ether oxygens (including phenoxy) is 1. The van der Waals surface area contributed by atoms with Crippen LogP contribution in [0.2, 0.25) is 0 Å². The third kappa shape index (κ3) is 3.99. The van der Waals surface area contributed by atoms with Gasteiger partial charge in [-0.05, 0) is 58.7 Å². The van der Waals surface area contributed by atoms with E-state index in [-0.39, 0.29) is 17.4 Å². The molecule has 2 heterocycles. The first-order chi connectivity index (χ1) is 12.4. The van der Waals surface area contributed by atoms with Gasteiger partial charge in [-0.2, -0.15) is 0 Å². The molecule has 0 unspecified atom stereocenters. The van der Waals surface area contributed by atoms with Crippen molar-refractivity contribution in [3.63, 3.8) is 0 Å². The second-order valence-electron chi connectivity index (χ2n) is 5.87. The highest BCUT2D eigenvalue weighted by atomic mass is 79.9. The molecule has 0 aromatic heterocycles. The first-order valence-corrected chi connectivity index (χ1v) is 10.4. The molecule has 1 aromatic carbocycles. The predicted octanol–water partition coefficient (Wildman–Crippen LogP) is 3.88. The van der Waals surface area contributed by atoms with E-state index in [4.69, 9.17) is 4.74 Å². The van der Waals surface area contributed by atoms with E-state index in [1.807, 2.05) is 6.07 Å². The van der Waals surface area contributed by atoms with Crippen LogP contribution in [-0.4, -0.2) is 53.6 Å². The Kier molecular flexibility index (Phi) is 6.09. The van der Waals surface area contributed by atoms with Crippen LogP contribution in [0.25, 0.3) is 6.08 Å². The number of thioether (sulfide) groups is 1. The molecule has 26 heavy (non-hydrogen) atoms. The summed E-state index contributed by atoms with van der Waals surface area (Å²) in [7, 11) is 1.53. The lowest BCUT2D eigenvalue weighted by Gasteiger charge is -2.18. The smallest absolute Gasteiger partial charge is 0.294 e. The first-order valence-electron chi connectivity index (χ1n) is 7.97. The summed E-state index contributed by atoms with van der Waals surface area (Å²) in [5, 5.41) is -0.429. The number of rotatable bonds is 4. The molecule has 0 atom stereocenters. The average Bonchev–Trinajstić information content (AvgIpc) is 3.19. The third-order valence-corrected chi connectivity index (χ3v) is 6.11. The van der Waals surface area contributed by atoms with Crippen LogP contribution in [0.1, 0.15) is 18.4 Å². The number of imide groups is 1. The Hall–Kier alpha value is -1.32. The van der Waals surface area contributed by atoms with Crippen LogP contribution in [0.5, 0.6) is 5.75 Å². The van der Waals surface area contributed by atoms with Gasteiger partial charge in [-0.25, -0.2) is 0 Å². The van der Waals surface area contributed by atoms with Crippen molar-refractivity contribution in [1.82, 2.24) is 9.80 Å². The molecule has 0 saturated carbocycles. The van der Waals surface area contributed by atoms with Crippen LogP contribution in [-0.2, 0) is 9.59 Å². The summed E-state index contributed by atoms with van der Waals surface area (Å²) >= 11 is 7.65. The topological polar surface area (TPSA) is 66.9 Å². The maximum atomic E-state index is 12.6. The highest BCUT2D eigenvalue weighted by molar-refractivity contribution is 9.11. The molecule has 9 heteroatoms. The zero-order chi connectivity index (χ0) is 18.8. The fourth-order valence-electron chi connectivity index (χ4n) is 2.88. The standard InChI is InChI=1S/C17H16Br2N2O4S/c1-25-15-10(6-11(18)8-12(15)19)7-13-16(23)21(17(24)26-13)9-14(22)20-4-2-3-5-20/h6-8H,2-5,9H2,1H3/b13-7-. The Labute approximate surface area is 172 Å². The predicted molar refractivity (Wildman–Crippen MR) is 107 cm³/mol. The van der Waals surface area contributed by atoms with Gasteiger partial charge in [0.15, 0.2) is 0 Å². The van der Waals surface area contributed by atoms with Gasteiger partial charge in [-0.1, -0.05) is 15.9 Å². The number of amides is 3. The van der Waals surface area contributed by atoms with Gasteiger partial charge in [-0.15, -0.1) is 0 Å². The van der Waals surface area contributed by atoms with Crippen molar-refractivity contribution in [2.75, 3.05) is 26.7 Å². The van der Waals surface area contributed by atoms with Crippen molar-refractivity contribution in [3.8, 4) is 5.75 Å². The van der Waals surface area contributed by atoms with Crippen molar-refractivity contribution in [2.45, 2.75) is 12.8 Å². The molecule has 2 aliphatic rings. The molecule has 0 spiro atoms. The molecule has 6 nitrogen and oxygen atoms in total. The number of likely N-dealkylation sites (tertiary alicyclic amines) is 1. The molecule has 2 saturated heterocycles. The molecule has 138 valence electrons. The molecular formula is C17H16Br2N2O4S. The summed E-state index contributed by atoms with van der Waals surface area (Å²) in [6, 6.07) is 3.63. The van der Waals surface area contributed by atoms with E-state index in [9.17, 15) is 14.4 Å². The number of benzene rings is 1. The highest BCUT2D eigenvalue weighted by Gasteiger charge is 2.37. The molecule has 3 amide bonds. The number of halogens is 2. The van der Waals surface area contributed by atoms with Gasteiger partial charge < -0.3 is 9.64 Å². The summed E-state index contributed by atoms with van der Waals surface area (Å²) in [6.07, 6.45) is 3.54. The first kappa shape index (κ1) is 19.4. The summed E-state index contributed by atoms with van der Waals surface area (Å²) in [5.74, 6) is -0.0762.